The maximum Gasteiger partial charge on any atom is 0.132 e. The minimum absolute atomic E-state index is 0.688. The van der Waals surface area contributed by atoms with Crippen molar-refractivity contribution in [2.24, 2.45) is 0 Å². The fraction of sp³-hybridized carbons (Fsp3) is 0.250. The summed E-state index contributed by atoms with van der Waals surface area (Å²) in [5, 5.41) is 0. The van der Waals surface area contributed by atoms with Crippen LogP contribution in [0.5, 0.6) is 0 Å². The molecule has 1 heterocycles. The third kappa shape index (κ3) is 2.84. The smallest absolute Gasteiger partial charge is 0.132 e. The Morgan fingerprint density at radius 2 is 2.00 bits per heavy atom. The molecular weight excluding hydrogens is 186 g/mol. The lowest BCUT2D eigenvalue weighted by molar-refractivity contribution is 0.918. The van der Waals surface area contributed by atoms with E-state index in [1.54, 1.807) is 6.20 Å². The molecule has 0 aromatic carbocycles. The van der Waals surface area contributed by atoms with E-state index in [1.807, 2.05) is 25.1 Å². The number of anilines is 2. The predicted octanol–water partition coefficient (Wildman–Crippen LogP) is 2.15. The molecule has 3 heteroatoms. The second-order valence-corrected chi connectivity index (χ2v) is 3.39. The monoisotopic (exact) mass is 203 g/mol. The van der Waals surface area contributed by atoms with Gasteiger partial charge in [-0.15, -0.1) is 13.2 Å². The van der Waals surface area contributed by atoms with Crippen LogP contribution in [0.15, 0.2) is 37.6 Å². The topological polar surface area (TPSA) is 42.2 Å². The molecule has 15 heavy (non-hydrogen) atoms. The van der Waals surface area contributed by atoms with Crippen LogP contribution >= 0.6 is 0 Å². The van der Waals surface area contributed by atoms with Crippen molar-refractivity contribution in [1.82, 2.24) is 4.98 Å². The molecule has 2 N–H and O–H groups in total. The first kappa shape index (κ1) is 11.3. The van der Waals surface area contributed by atoms with Crippen LogP contribution in [0.1, 0.15) is 5.56 Å². The lowest BCUT2D eigenvalue weighted by Gasteiger charge is -2.22. The van der Waals surface area contributed by atoms with E-state index in [2.05, 4.69) is 23.0 Å². The summed E-state index contributed by atoms with van der Waals surface area (Å²) >= 11 is 0. The zero-order chi connectivity index (χ0) is 11.3. The number of aromatic nitrogens is 1. The minimum atomic E-state index is 0.688. The Balaban J connectivity index is 2.98. The Kier molecular flexibility index (Phi) is 3.92. The minimum Gasteiger partial charge on any atom is -0.397 e. The van der Waals surface area contributed by atoms with Crippen molar-refractivity contribution in [3.63, 3.8) is 0 Å². The van der Waals surface area contributed by atoms with Gasteiger partial charge in [0, 0.05) is 13.1 Å². The Morgan fingerprint density at radius 3 is 2.47 bits per heavy atom. The van der Waals surface area contributed by atoms with Gasteiger partial charge in [0.2, 0.25) is 0 Å². The van der Waals surface area contributed by atoms with Crippen LogP contribution in [0.3, 0.4) is 0 Å². The molecule has 0 aliphatic heterocycles. The molecule has 1 aromatic heterocycles. The average Bonchev–Trinajstić information content (AvgIpc) is 2.17. The summed E-state index contributed by atoms with van der Waals surface area (Å²) in [5.74, 6) is 0.934. The maximum atomic E-state index is 5.65. The van der Waals surface area contributed by atoms with Gasteiger partial charge in [-0.3, -0.25) is 0 Å². The first-order valence-corrected chi connectivity index (χ1v) is 4.88. The number of aryl methyl sites for hydroxylation is 1. The second-order valence-electron chi connectivity index (χ2n) is 3.39. The average molecular weight is 203 g/mol. The van der Waals surface area contributed by atoms with Crippen molar-refractivity contribution in [2.45, 2.75) is 6.92 Å². The molecule has 3 nitrogen and oxygen atoms in total. The maximum absolute atomic E-state index is 5.65. The van der Waals surface area contributed by atoms with Gasteiger partial charge in [0.1, 0.15) is 5.82 Å². The highest BCUT2D eigenvalue weighted by Gasteiger charge is 2.07. The number of nitrogens with zero attached hydrogens (tertiary/aromatic N) is 2. The fourth-order valence-corrected chi connectivity index (χ4v) is 1.48. The summed E-state index contributed by atoms with van der Waals surface area (Å²) in [6.07, 6.45) is 5.36. The normalized spacial score (nSPS) is 9.67. The van der Waals surface area contributed by atoms with Gasteiger partial charge in [-0.05, 0) is 18.6 Å². The van der Waals surface area contributed by atoms with E-state index >= 15 is 0 Å². The number of nitrogen functional groups attached to an aromatic ring is 1. The number of rotatable bonds is 5. The molecular formula is C12H17N3. The number of pyridine rings is 1. The summed E-state index contributed by atoms with van der Waals surface area (Å²) in [6, 6.07) is 1.92. The molecule has 0 saturated heterocycles. The van der Waals surface area contributed by atoms with E-state index in [4.69, 9.17) is 5.73 Å². The molecule has 0 spiro atoms. The standard InChI is InChI=1S/C12H17N3/c1-4-6-15(7-5-2)12-10(3)8-11(13)9-14-12/h4-5,8-9H,1-2,6-7,13H2,3H3. The number of hydrogen-bond acceptors (Lipinski definition) is 3. The third-order valence-electron chi connectivity index (χ3n) is 2.07. The van der Waals surface area contributed by atoms with E-state index in [-0.39, 0.29) is 0 Å². The van der Waals surface area contributed by atoms with Crippen LogP contribution < -0.4 is 10.6 Å². The molecule has 0 fully saturated rings. The quantitative estimate of drug-likeness (QED) is 0.746. The first-order chi connectivity index (χ1) is 7.19. The highest BCUT2D eigenvalue weighted by atomic mass is 15.2. The lowest BCUT2D eigenvalue weighted by Crippen LogP contribution is -2.25. The zero-order valence-corrected chi connectivity index (χ0v) is 9.11. The Morgan fingerprint density at radius 1 is 1.40 bits per heavy atom. The summed E-state index contributed by atoms with van der Waals surface area (Å²) in [4.78, 5) is 6.41. The molecule has 0 saturated carbocycles. The van der Waals surface area contributed by atoms with Gasteiger partial charge >= 0.3 is 0 Å². The molecule has 0 aliphatic carbocycles. The Bertz CT molecular complexity index is 348. The number of nitrogens with two attached hydrogens (primary N) is 1. The molecule has 1 rings (SSSR count). The molecule has 0 unspecified atom stereocenters. The van der Waals surface area contributed by atoms with Gasteiger partial charge in [-0.25, -0.2) is 4.98 Å². The largest absolute Gasteiger partial charge is 0.397 e. The van der Waals surface area contributed by atoms with E-state index < -0.39 is 0 Å². The van der Waals surface area contributed by atoms with Crippen molar-refractivity contribution in [3.05, 3.63) is 43.1 Å². The van der Waals surface area contributed by atoms with E-state index in [1.165, 1.54) is 0 Å². The van der Waals surface area contributed by atoms with Crippen LogP contribution in [0, 0.1) is 6.92 Å². The van der Waals surface area contributed by atoms with Crippen LogP contribution in [0.25, 0.3) is 0 Å². The summed E-state index contributed by atoms with van der Waals surface area (Å²) in [5.41, 5.74) is 7.41. The lowest BCUT2D eigenvalue weighted by atomic mass is 10.2. The SMILES string of the molecule is C=CCN(CC=C)c1ncc(N)cc1C. The summed E-state index contributed by atoms with van der Waals surface area (Å²) in [7, 11) is 0. The number of hydrogen-bond donors (Lipinski definition) is 1. The highest BCUT2D eigenvalue weighted by Crippen LogP contribution is 2.18. The van der Waals surface area contributed by atoms with Gasteiger partial charge < -0.3 is 10.6 Å². The van der Waals surface area contributed by atoms with Crippen molar-refractivity contribution < 1.29 is 0 Å². The van der Waals surface area contributed by atoms with Gasteiger partial charge in [-0.2, -0.15) is 0 Å². The molecule has 1 aromatic rings. The molecule has 80 valence electrons. The predicted molar refractivity (Wildman–Crippen MR) is 66.0 cm³/mol. The van der Waals surface area contributed by atoms with Crippen LogP contribution in [-0.2, 0) is 0 Å². The summed E-state index contributed by atoms with van der Waals surface area (Å²) < 4.78 is 0. The van der Waals surface area contributed by atoms with Gasteiger partial charge in [-0.1, -0.05) is 12.2 Å². The Hall–Kier alpha value is -1.77. The first-order valence-electron chi connectivity index (χ1n) is 4.88. The van der Waals surface area contributed by atoms with Crippen LogP contribution in [0.2, 0.25) is 0 Å². The van der Waals surface area contributed by atoms with Crippen molar-refractivity contribution in [3.8, 4) is 0 Å². The third-order valence-corrected chi connectivity index (χ3v) is 2.07. The summed E-state index contributed by atoms with van der Waals surface area (Å²) in [6.45, 7) is 11.0. The van der Waals surface area contributed by atoms with Gasteiger partial charge in [0.15, 0.2) is 0 Å². The molecule has 0 bridgehead atoms. The van der Waals surface area contributed by atoms with Crippen molar-refractivity contribution in [1.29, 1.82) is 0 Å². The molecule has 0 radical (unpaired) electrons. The zero-order valence-electron chi connectivity index (χ0n) is 9.11. The molecule has 0 atom stereocenters. The molecule has 0 aliphatic rings. The van der Waals surface area contributed by atoms with Crippen LogP contribution in [-0.4, -0.2) is 18.1 Å². The van der Waals surface area contributed by atoms with Crippen LogP contribution in [0.4, 0.5) is 11.5 Å². The van der Waals surface area contributed by atoms with E-state index in [0.717, 1.165) is 24.5 Å². The Labute approximate surface area is 90.9 Å². The second kappa shape index (κ2) is 5.20. The van der Waals surface area contributed by atoms with Crippen molar-refractivity contribution >= 4 is 11.5 Å². The van der Waals surface area contributed by atoms with E-state index in [0.29, 0.717) is 5.69 Å². The fourth-order valence-electron chi connectivity index (χ4n) is 1.48. The highest BCUT2D eigenvalue weighted by molar-refractivity contribution is 5.53. The van der Waals surface area contributed by atoms with Crippen molar-refractivity contribution in [2.75, 3.05) is 23.7 Å². The van der Waals surface area contributed by atoms with Gasteiger partial charge in [0.25, 0.3) is 0 Å². The van der Waals surface area contributed by atoms with E-state index in [9.17, 15) is 0 Å². The molecule has 0 amide bonds. The van der Waals surface area contributed by atoms with Gasteiger partial charge in [0.05, 0.1) is 11.9 Å².